The number of hydrogen-bond donors (Lipinski definition) is 5. The lowest BCUT2D eigenvalue weighted by Gasteiger charge is -2.27. The fourth-order valence-corrected chi connectivity index (χ4v) is 5.96. The number of amides is 1. The van der Waals surface area contributed by atoms with E-state index in [1.54, 1.807) is 7.11 Å². The fourth-order valence-electron chi connectivity index (χ4n) is 5.96. The third-order valence-corrected chi connectivity index (χ3v) is 8.61. The predicted molar refractivity (Wildman–Crippen MR) is 195 cm³/mol. The monoisotopic (exact) mass is 632 g/mol. The zero-order chi connectivity index (χ0) is 33.4. The highest BCUT2D eigenvalue weighted by Crippen LogP contribution is 2.20. The molecule has 0 spiro atoms. The molecular formula is C39H48N6O2. The number of nitrogens with one attached hydrogen (secondary N) is 5. The Morgan fingerprint density at radius 1 is 0.936 bits per heavy atom. The molecule has 1 aliphatic rings. The first kappa shape index (κ1) is 34.9. The minimum absolute atomic E-state index is 0.0472. The SMILES string of the molecule is C=N.COc1ccc(CN(CCCc2c[nH]c3ccccc23)C(=N)CNC(=O)C2CCNCC2)cc1.Cc1cccc2ccccc12. The smallest absolute Gasteiger partial charge is 0.223 e. The fraction of sp³-hybridized carbons (Fsp3) is 0.308. The van der Waals surface area contributed by atoms with Crippen LogP contribution >= 0.6 is 0 Å². The van der Waals surface area contributed by atoms with Gasteiger partial charge in [0.25, 0.3) is 0 Å². The van der Waals surface area contributed by atoms with Gasteiger partial charge in [0.2, 0.25) is 5.91 Å². The van der Waals surface area contributed by atoms with Crippen molar-refractivity contribution in [3.63, 3.8) is 0 Å². The number of piperidine rings is 1. The molecule has 47 heavy (non-hydrogen) atoms. The minimum Gasteiger partial charge on any atom is -0.497 e. The molecule has 0 saturated carbocycles. The van der Waals surface area contributed by atoms with Gasteiger partial charge in [-0.2, -0.15) is 0 Å². The second-order valence-corrected chi connectivity index (χ2v) is 11.7. The van der Waals surface area contributed by atoms with Gasteiger partial charge in [-0.05, 0) is 98.1 Å². The lowest BCUT2D eigenvalue weighted by atomic mass is 9.97. The summed E-state index contributed by atoms with van der Waals surface area (Å²) in [6.07, 6.45) is 5.65. The third kappa shape index (κ3) is 10.0. The van der Waals surface area contributed by atoms with Crippen LogP contribution in [0.15, 0.2) is 97.2 Å². The van der Waals surface area contributed by atoms with Crippen molar-refractivity contribution in [1.29, 1.82) is 10.8 Å². The maximum absolute atomic E-state index is 12.6. The van der Waals surface area contributed by atoms with Gasteiger partial charge in [0.1, 0.15) is 11.6 Å². The van der Waals surface area contributed by atoms with Gasteiger partial charge < -0.3 is 30.7 Å². The van der Waals surface area contributed by atoms with Crippen LogP contribution in [0.4, 0.5) is 0 Å². The number of para-hydroxylation sites is 1. The third-order valence-electron chi connectivity index (χ3n) is 8.61. The van der Waals surface area contributed by atoms with Crippen LogP contribution in [0.3, 0.4) is 0 Å². The van der Waals surface area contributed by atoms with Crippen molar-refractivity contribution in [2.45, 2.75) is 39.2 Å². The number of benzene rings is 4. The second-order valence-electron chi connectivity index (χ2n) is 11.7. The van der Waals surface area contributed by atoms with Crippen molar-refractivity contribution in [2.75, 3.05) is 33.3 Å². The summed E-state index contributed by atoms with van der Waals surface area (Å²) in [6, 6.07) is 31.1. The van der Waals surface area contributed by atoms with Crippen LogP contribution in [0.1, 0.15) is 36.0 Å². The normalized spacial score (nSPS) is 12.7. The summed E-state index contributed by atoms with van der Waals surface area (Å²) < 4.78 is 5.27. The highest BCUT2D eigenvalue weighted by Gasteiger charge is 2.21. The predicted octanol–water partition coefficient (Wildman–Crippen LogP) is 7.12. The molecule has 8 nitrogen and oxygen atoms in total. The van der Waals surface area contributed by atoms with E-state index >= 15 is 0 Å². The standard InChI is InChI=1S/C27H35N5O2.C11H10.CH3N/c1-34-23-10-8-20(9-11-23)19-32(26(28)18-31-27(33)21-12-14-29-15-13-21)16-4-5-22-17-30-25-7-3-2-6-24(22)25;1-9-5-4-7-10-6-2-3-8-11(9)10;1-2/h2-3,6-11,17,21,28-30H,4-5,12-16,18-19H2,1H3,(H,31,33);2-8H,1H3;2H,1H2. The van der Waals surface area contributed by atoms with E-state index in [9.17, 15) is 4.79 Å². The van der Waals surface area contributed by atoms with Crippen molar-refractivity contribution in [3.05, 3.63) is 114 Å². The van der Waals surface area contributed by atoms with Crippen molar-refractivity contribution >= 4 is 40.1 Å². The molecule has 246 valence electrons. The largest absolute Gasteiger partial charge is 0.497 e. The zero-order valence-corrected chi connectivity index (χ0v) is 27.6. The second kappa shape index (κ2) is 18.3. The number of fused-ring (bicyclic) bond motifs is 2. The van der Waals surface area contributed by atoms with Crippen LogP contribution in [0.25, 0.3) is 21.7 Å². The molecule has 0 atom stereocenters. The van der Waals surface area contributed by atoms with Crippen molar-refractivity contribution in [1.82, 2.24) is 20.5 Å². The van der Waals surface area contributed by atoms with Gasteiger partial charge in [-0.1, -0.05) is 72.8 Å². The molecule has 1 saturated heterocycles. The lowest BCUT2D eigenvalue weighted by Crippen LogP contribution is -2.43. The quantitative estimate of drug-likeness (QED) is 0.0833. The Morgan fingerprint density at radius 2 is 1.62 bits per heavy atom. The van der Waals surface area contributed by atoms with E-state index in [0.717, 1.165) is 62.1 Å². The van der Waals surface area contributed by atoms with Gasteiger partial charge in [0.05, 0.1) is 13.7 Å². The number of H-pyrrole nitrogens is 1. The number of amidine groups is 1. The molecule has 0 unspecified atom stereocenters. The number of carbonyl (C=O) groups excluding carboxylic acids is 1. The summed E-state index contributed by atoms with van der Waals surface area (Å²) in [6.45, 7) is 8.03. The number of aromatic nitrogens is 1. The van der Waals surface area contributed by atoms with E-state index in [4.69, 9.17) is 15.6 Å². The number of aryl methyl sites for hydroxylation is 2. The lowest BCUT2D eigenvalue weighted by molar-refractivity contribution is -0.125. The molecule has 1 fully saturated rings. The highest BCUT2D eigenvalue weighted by atomic mass is 16.5. The molecule has 1 aromatic heterocycles. The molecule has 5 aromatic rings. The summed E-state index contributed by atoms with van der Waals surface area (Å²) >= 11 is 0. The maximum Gasteiger partial charge on any atom is 0.223 e. The number of methoxy groups -OCH3 is 1. The first-order valence-electron chi connectivity index (χ1n) is 16.3. The van der Waals surface area contributed by atoms with Crippen molar-refractivity contribution in [2.24, 2.45) is 5.92 Å². The first-order chi connectivity index (χ1) is 23.0. The molecule has 0 bridgehead atoms. The van der Waals surface area contributed by atoms with Crippen LogP contribution in [-0.2, 0) is 17.8 Å². The van der Waals surface area contributed by atoms with Gasteiger partial charge in [0.15, 0.2) is 0 Å². The first-order valence-corrected chi connectivity index (χ1v) is 16.3. The average Bonchev–Trinajstić information content (AvgIpc) is 3.55. The van der Waals surface area contributed by atoms with Gasteiger partial charge >= 0.3 is 0 Å². The van der Waals surface area contributed by atoms with Crippen LogP contribution < -0.4 is 15.4 Å². The van der Waals surface area contributed by atoms with Crippen LogP contribution in [0, 0.1) is 23.7 Å². The topological polar surface area (TPSA) is 117 Å². The molecule has 2 heterocycles. The number of hydrogen-bond acceptors (Lipinski definition) is 5. The Labute approximate surface area is 278 Å². The summed E-state index contributed by atoms with van der Waals surface area (Å²) in [4.78, 5) is 18.0. The molecule has 6 rings (SSSR count). The Kier molecular flexibility index (Phi) is 13.6. The van der Waals surface area contributed by atoms with E-state index in [2.05, 4.69) is 101 Å². The number of ether oxygens (including phenoxy) is 1. The molecule has 0 radical (unpaired) electrons. The van der Waals surface area contributed by atoms with Crippen LogP contribution in [0.5, 0.6) is 5.75 Å². The molecule has 1 amide bonds. The maximum atomic E-state index is 12.6. The number of rotatable bonds is 10. The molecular weight excluding hydrogens is 584 g/mol. The Bertz CT molecular complexity index is 1700. The summed E-state index contributed by atoms with van der Waals surface area (Å²) in [5.41, 5.74) is 4.91. The van der Waals surface area contributed by atoms with E-state index in [1.165, 1.54) is 27.3 Å². The van der Waals surface area contributed by atoms with E-state index in [0.29, 0.717) is 12.4 Å². The minimum atomic E-state index is 0.0472. The summed E-state index contributed by atoms with van der Waals surface area (Å²) in [5.74, 6) is 1.37. The van der Waals surface area contributed by atoms with Crippen molar-refractivity contribution < 1.29 is 9.53 Å². The highest BCUT2D eigenvalue weighted by molar-refractivity contribution is 5.87. The number of aromatic amines is 1. The van der Waals surface area contributed by atoms with Crippen LogP contribution in [-0.4, -0.2) is 61.6 Å². The van der Waals surface area contributed by atoms with E-state index in [1.807, 2.05) is 30.3 Å². The van der Waals surface area contributed by atoms with Gasteiger partial charge in [-0.25, -0.2) is 0 Å². The Balaban J connectivity index is 0.000000320. The molecule has 1 aliphatic heterocycles. The van der Waals surface area contributed by atoms with Gasteiger partial charge in [-0.3, -0.25) is 10.2 Å². The molecule has 0 aliphatic carbocycles. The summed E-state index contributed by atoms with van der Waals surface area (Å²) in [5, 5.41) is 24.5. The Morgan fingerprint density at radius 3 is 2.34 bits per heavy atom. The Hall–Kier alpha value is -4.95. The van der Waals surface area contributed by atoms with Crippen molar-refractivity contribution in [3.8, 4) is 5.75 Å². The van der Waals surface area contributed by atoms with E-state index < -0.39 is 0 Å². The molecule has 8 heteroatoms. The average molecular weight is 633 g/mol. The summed E-state index contributed by atoms with van der Waals surface area (Å²) in [7, 11) is 1.66. The molecule has 5 N–H and O–H groups in total. The molecule has 4 aromatic carbocycles. The van der Waals surface area contributed by atoms with E-state index in [-0.39, 0.29) is 18.4 Å². The number of carbonyl (C=O) groups is 1. The zero-order valence-electron chi connectivity index (χ0n) is 27.6. The number of nitrogens with zero attached hydrogens (tertiary/aromatic N) is 1. The van der Waals surface area contributed by atoms with Gasteiger partial charge in [-0.15, -0.1) is 0 Å². The van der Waals surface area contributed by atoms with Gasteiger partial charge in [0, 0.05) is 36.1 Å². The van der Waals surface area contributed by atoms with Crippen LogP contribution in [0.2, 0.25) is 0 Å².